The molecule has 0 saturated heterocycles. The highest BCUT2D eigenvalue weighted by molar-refractivity contribution is 6.22. The van der Waals surface area contributed by atoms with Gasteiger partial charge in [-0.15, -0.1) is 0 Å². The number of fused-ring (bicyclic) bond motifs is 2. The number of hydrogen-bond acceptors (Lipinski definition) is 6. The number of Topliss-reactive ketones (excluding diaryl/α,β-unsaturated/α-hetero) is 1. The molecule has 0 unspecified atom stereocenters. The van der Waals surface area contributed by atoms with Gasteiger partial charge in [-0.05, 0) is 38.7 Å². The number of benzene rings is 2. The summed E-state index contributed by atoms with van der Waals surface area (Å²) in [4.78, 5) is 37.7. The van der Waals surface area contributed by atoms with Crippen LogP contribution in [0.4, 0.5) is 15.1 Å². The minimum atomic E-state index is -0.593. The average molecular weight is 423 g/mol. The van der Waals surface area contributed by atoms with Crippen LogP contribution in [0.15, 0.2) is 41.4 Å². The number of ketones is 1. The highest BCUT2D eigenvalue weighted by atomic mass is 19.1. The van der Waals surface area contributed by atoms with E-state index in [9.17, 15) is 14.0 Å². The van der Waals surface area contributed by atoms with E-state index in [0.29, 0.717) is 34.5 Å². The number of H-pyrrole nitrogens is 1. The van der Waals surface area contributed by atoms with Crippen molar-refractivity contribution in [1.29, 1.82) is 0 Å². The van der Waals surface area contributed by atoms with Crippen molar-refractivity contribution < 1.29 is 18.7 Å². The van der Waals surface area contributed by atoms with Gasteiger partial charge in [0.05, 0.1) is 23.4 Å². The number of nitrogens with zero attached hydrogens (tertiary/aromatic N) is 3. The first-order valence-corrected chi connectivity index (χ1v) is 9.87. The number of carbonyl (C=O) groups is 2. The SMILES string of the molecule is CN(C)CCCOC(=O)Nc1nc2ccc(C3=NCC(=O)c4cccc(F)c43)cc2[nH]1. The second-order valence-electron chi connectivity index (χ2n) is 7.49. The van der Waals surface area contributed by atoms with Crippen LogP contribution in [0.3, 0.4) is 0 Å². The van der Waals surface area contributed by atoms with Gasteiger partial charge in [0.2, 0.25) is 5.95 Å². The van der Waals surface area contributed by atoms with Crippen molar-refractivity contribution in [2.24, 2.45) is 4.99 Å². The third-order valence-electron chi connectivity index (χ3n) is 4.89. The maximum Gasteiger partial charge on any atom is 0.413 e. The molecule has 2 aromatic carbocycles. The zero-order chi connectivity index (χ0) is 22.0. The van der Waals surface area contributed by atoms with Crippen molar-refractivity contribution in [2.75, 3.05) is 39.1 Å². The fraction of sp³-hybridized carbons (Fsp3) is 0.273. The molecule has 0 bridgehead atoms. The Morgan fingerprint density at radius 1 is 1.29 bits per heavy atom. The molecule has 0 saturated carbocycles. The third kappa shape index (κ3) is 4.46. The number of aromatic nitrogens is 2. The van der Waals surface area contributed by atoms with Crippen molar-refractivity contribution in [3.8, 4) is 0 Å². The van der Waals surface area contributed by atoms with Crippen LogP contribution < -0.4 is 5.32 Å². The van der Waals surface area contributed by atoms with E-state index < -0.39 is 11.9 Å². The van der Waals surface area contributed by atoms with Gasteiger partial charge in [0.25, 0.3) is 0 Å². The Hall–Kier alpha value is -3.59. The number of aromatic amines is 1. The number of nitrogens with one attached hydrogen (secondary N) is 2. The third-order valence-corrected chi connectivity index (χ3v) is 4.89. The second-order valence-corrected chi connectivity index (χ2v) is 7.49. The highest BCUT2D eigenvalue weighted by Crippen LogP contribution is 2.25. The fourth-order valence-corrected chi connectivity index (χ4v) is 3.44. The first-order chi connectivity index (χ1) is 14.9. The number of anilines is 1. The number of rotatable bonds is 6. The molecule has 1 aliphatic rings. The Labute approximate surface area is 178 Å². The molecule has 0 atom stereocenters. The van der Waals surface area contributed by atoms with Gasteiger partial charge in [0.1, 0.15) is 12.4 Å². The minimum Gasteiger partial charge on any atom is -0.449 e. The van der Waals surface area contributed by atoms with E-state index in [1.165, 1.54) is 12.1 Å². The van der Waals surface area contributed by atoms with Crippen LogP contribution in [0.2, 0.25) is 0 Å². The van der Waals surface area contributed by atoms with Crippen LogP contribution in [0.5, 0.6) is 0 Å². The zero-order valence-electron chi connectivity index (χ0n) is 17.2. The monoisotopic (exact) mass is 423 g/mol. The zero-order valence-corrected chi connectivity index (χ0v) is 17.2. The van der Waals surface area contributed by atoms with Crippen LogP contribution in [0, 0.1) is 5.82 Å². The molecular weight excluding hydrogens is 401 g/mol. The molecule has 0 spiro atoms. The first kappa shape index (κ1) is 20.7. The quantitative estimate of drug-likeness (QED) is 0.593. The predicted molar refractivity (Wildman–Crippen MR) is 115 cm³/mol. The van der Waals surface area contributed by atoms with Gasteiger partial charge in [0.15, 0.2) is 5.78 Å². The van der Waals surface area contributed by atoms with Crippen molar-refractivity contribution in [1.82, 2.24) is 14.9 Å². The normalized spacial score (nSPS) is 13.3. The first-order valence-electron chi connectivity index (χ1n) is 9.87. The topological polar surface area (TPSA) is 99.7 Å². The predicted octanol–water partition coefficient (Wildman–Crippen LogP) is 3.24. The van der Waals surface area contributed by atoms with Crippen LogP contribution >= 0.6 is 0 Å². The summed E-state index contributed by atoms with van der Waals surface area (Å²) in [5.74, 6) is -0.457. The molecule has 160 valence electrons. The van der Waals surface area contributed by atoms with E-state index in [2.05, 4.69) is 20.3 Å². The number of amides is 1. The molecule has 2 heterocycles. The van der Waals surface area contributed by atoms with Gasteiger partial charge < -0.3 is 14.6 Å². The number of carbonyl (C=O) groups excluding carboxylic acids is 2. The number of imidazole rings is 1. The van der Waals surface area contributed by atoms with Gasteiger partial charge in [0, 0.05) is 23.2 Å². The van der Waals surface area contributed by atoms with Crippen LogP contribution in [0.25, 0.3) is 11.0 Å². The summed E-state index contributed by atoms with van der Waals surface area (Å²) >= 11 is 0. The van der Waals surface area contributed by atoms with Gasteiger partial charge in [-0.25, -0.2) is 14.2 Å². The van der Waals surface area contributed by atoms with E-state index in [4.69, 9.17) is 4.74 Å². The Kier molecular flexibility index (Phi) is 5.77. The largest absolute Gasteiger partial charge is 0.449 e. The van der Waals surface area contributed by atoms with Gasteiger partial charge in [-0.3, -0.25) is 15.1 Å². The smallest absolute Gasteiger partial charge is 0.413 e. The van der Waals surface area contributed by atoms with E-state index in [-0.39, 0.29) is 23.8 Å². The standard InChI is InChI=1S/C22H22FN5O3/c1-28(2)9-4-10-31-22(30)27-21-25-16-8-7-13(11-17(16)26-21)20-19-14(18(29)12-24-20)5-3-6-15(19)23/h3,5-8,11H,4,9-10,12H2,1-2H3,(H2,25,26,27,30). The van der Waals surface area contributed by atoms with Gasteiger partial charge in [-0.2, -0.15) is 0 Å². The lowest BCUT2D eigenvalue weighted by Gasteiger charge is -2.17. The molecule has 0 aliphatic carbocycles. The maximum atomic E-state index is 14.5. The van der Waals surface area contributed by atoms with Crippen molar-refractivity contribution >= 4 is 34.6 Å². The van der Waals surface area contributed by atoms with Crippen LogP contribution in [-0.2, 0) is 4.74 Å². The molecule has 4 rings (SSSR count). The summed E-state index contributed by atoms with van der Waals surface area (Å²) in [5, 5.41) is 2.57. The van der Waals surface area contributed by atoms with E-state index in [1.54, 1.807) is 24.3 Å². The Morgan fingerprint density at radius 2 is 2.13 bits per heavy atom. The fourth-order valence-electron chi connectivity index (χ4n) is 3.44. The summed E-state index contributed by atoms with van der Waals surface area (Å²) in [6.07, 6.45) is 0.135. The van der Waals surface area contributed by atoms with Gasteiger partial charge in [-0.1, -0.05) is 18.2 Å². The molecule has 0 fully saturated rings. The lowest BCUT2D eigenvalue weighted by atomic mass is 9.92. The summed E-state index contributed by atoms with van der Waals surface area (Å²) < 4.78 is 19.6. The van der Waals surface area contributed by atoms with E-state index in [0.717, 1.165) is 13.0 Å². The number of halogens is 1. The summed E-state index contributed by atoms with van der Waals surface area (Å²) in [7, 11) is 3.90. The summed E-state index contributed by atoms with van der Waals surface area (Å²) in [5.41, 5.74) is 2.85. The van der Waals surface area contributed by atoms with Crippen molar-refractivity contribution in [3.05, 3.63) is 58.9 Å². The highest BCUT2D eigenvalue weighted by Gasteiger charge is 2.25. The Bertz CT molecular complexity index is 1190. The van der Waals surface area contributed by atoms with E-state index in [1.807, 2.05) is 19.0 Å². The van der Waals surface area contributed by atoms with Gasteiger partial charge >= 0.3 is 6.09 Å². The Balaban J connectivity index is 1.53. The lowest BCUT2D eigenvalue weighted by Crippen LogP contribution is -2.21. The molecule has 0 radical (unpaired) electrons. The Morgan fingerprint density at radius 3 is 2.94 bits per heavy atom. The van der Waals surface area contributed by atoms with Crippen LogP contribution in [0.1, 0.15) is 27.9 Å². The van der Waals surface area contributed by atoms with E-state index >= 15 is 0 Å². The number of ether oxygens (including phenoxy) is 1. The molecule has 9 heteroatoms. The second kappa shape index (κ2) is 8.65. The number of aliphatic imine (C=N–C) groups is 1. The number of hydrogen-bond donors (Lipinski definition) is 2. The molecule has 2 N–H and O–H groups in total. The minimum absolute atomic E-state index is 0.0285. The molecule has 1 aliphatic heterocycles. The van der Waals surface area contributed by atoms with Crippen molar-refractivity contribution in [3.63, 3.8) is 0 Å². The van der Waals surface area contributed by atoms with Crippen LogP contribution in [-0.4, -0.2) is 66.2 Å². The molecule has 1 aromatic heterocycles. The lowest BCUT2D eigenvalue weighted by molar-refractivity contribution is 0.0999. The van der Waals surface area contributed by atoms with Crippen molar-refractivity contribution in [2.45, 2.75) is 6.42 Å². The molecule has 8 nitrogen and oxygen atoms in total. The molecule has 3 aromatic rings. The maximum absolute atomic E-state index is 14.5. The molecule has 1 amide bonds. The average Bonchev–Trinajstić information content (AvgIpc) is 3.13. The summed E-state index contributed by atoms with van der Waals surface area (Å²) in [6, 6.07) is 9.71. The molecule has 31 heavy (non-hydrogen) atoms. The molecular formula is C22H22FN5O3. The summed E-state index contributed by atoms with van der Waals surface area (Å²) in [6.45, 7) is 1.09.